The molecule has 0 aromatic carbocycles. The number of furan rings is 1. The minimum absolute atomic E-state index is 0.0115. The molecular formula is C19H22N6O3. The average Bonchev–Trinajstić information content (AvgIpc) is 3.31. The van der Waals surface area contributed by atoms with Gasteiger partial charge in [-0.1, -0.05) is 0 Å². The van der Waals surface area contributed by atoms with E-state index in [9.17, 15) is 9.59 Å². The minimum Gasteiger partial charge on any atom is -0.459 e. The van der Waals surface area contributed by atoms with Gasteiger partial charge in [-0.15, -0.1) is 0 Å². The number of likely N-dealkylation sites (tertiary alicyclic amines) is 1. The van der Waals surface area contributed by atoms with Crippen molar-refractivity contribution in [2.75, 3.05) is 18.4 Å². The fraction of sp³-hybridized carbons (Fsp3) is 0.368. The highest BCUT2D eigenvalue weighted by molar-refractivity contribution is 5.92. The first-order valence-corrected chi connectivity index (χ1v) is 9.21. The smallest absolute Gasteiger partial charge is 0.319 e. The Morgan fingerprint density at radius 3 is 2.79 bits per heavy atom. The summed E-state index contributed by atoms with van der Waals surface area (Å²) >= 11 is 0. The van der Waals surface area contributed by atoms with E-state index in [4.69, 9.17) is 4.42 Å². The second-order valence-electron chi connectivity index (χ2n) is 6.95. The molecule has 146 valence electrons. The lowest BCUT2D eigenvalue weighted by molar-refractivity contribution is 0.0676. The molecule has 0 saturated carbocycles. The van der Waals surface area contributed by atoms with Gasteiger partial charge in [-0.25, -0.2) is 9.78 Å². The molecule has 28 heavy (non-hydrogen) atoms. The van der Waals surface area contributed by atoms with E-state index in [2.05, 4.69) is 20.7 Å². The second-order valence-corrected chi connectivity index (χ2v) is 6.95. The number of amides is 3. The van der Waals surface area contributed by atoms with Crippen molar-refractivity contribution in [3.05, 3.63) is 42.1 Å². The molecular weight excluding hydrogens is 360 g/mol. The molecule has 0 aliphatic carbocycles. The van der Waals surface area contributed by atoms with Crippen molar-refractivity contribution in [3.63, 3.8) is 0 Å². The first-order valence-electron chi connectivity index (χ1n) is 9.21. The number of carbonyl (C=O) groups is 2. The topological polar surface area (TPSA) is 105 Å². The van der Waals surface area contributed by atoms with E-state index in [0.717, 1.165) is 16.7 Å². The fourth-order valence-electron chi connectivity index (χ4n) is 3.51. The van der Waals surface area contributed by atoms with Gasteiger partial charge in [0.1, 0.15) is 0 Å². The lowest BCUT2D eigenvalue weighted by Gasteiger charge is -2.31. The molecule has 4 heterocycles. The van der Waals surface area contributed by atoms with E-state index in [-0.39, 0.29) is 18.0 Å². The zero-order chi connectivity index (χ0) is 19.7. The van der Waals surface area contributed by atoms with Gasteiger partial charge in [0.25, 0.3) is 5.91 Å². The molecule has 3 aromatic heterocycles. The van der Waals surface area contributed by atoms with Crippen LogP contribution in [0.5, 0.6) is 0 Å². The van der Waals surface area contributed by atoms with Crippen molar-refractivity contribution in [1.82, 2.24) is 25.0 Å². The quantitative estimate of drug-likeness (QED) is 0.723. The number of nitrogens with zero attached hydrogens (tertiary/aromatic N) is 4. The number of carbonyl (C=O) groups excluding carboxylic acids is 2. The predicted octanol–water partition coefficient (Wildman–Crippen LogP) is 2.30. The molecule has 1 fully saturated rings. The Balaban J connectivity index is 1.31. The van der Waals surface area contributed by atoms with Gasteiger partial charge in [0.05, 0.1) is 23.8 Å². The van der Waals surface area contributed by atoms with Crippen LogP contribution >= 0.6 is 0 Å². The molecule has 9 nitrogen and oxygen atoms in total. The van der Waals surface area contributed by atoms with E-state index < -0.39 is 0 Å². The number of hydrogen-bond acceptors (Lipinski definition) is 5. The Morgan fingerprint density at radius 2 is 2.07 bits per heavy atom. The van der Waals surface area contributed by atoms with Crippen molar-refractivity contribution < 1.29 is 14.0 Å². The highest BCUT2D eigenvalue weighted by Gasteiger charge is 2.25. The Bertz CT molecular complexity index is 1000. The summed E-state index contributed by atoms with van der Waals surface area (Å²) < 4.78 is 6.88. The predicted molar refractivity (Wildman–Crippen MR) is 103 cm³/mol. The van der Waals surface area contributed by atoms with Crippen LogP contribution in [0.4, 0.5) is 10.5 Å². The fourth-order valence-corrected chi connectivity index (χ4v) is 3.51. The largest absolute Gasteiger partial charge is 0.459 e. The molecule has 9 heteroatoms. The summed E-state index contributed by atoms with van der Waals surface area (Å²) in [6.45, 7) is 3.06. The molecule has 3 aromatic rings. The van der Waals surface area contributed by atoms with Gasteiger partial charge in [-0.3, -0.25) is 9.48 Å². The highest BCUT2D eigenvalue weighted by atomic mass is 16.3. The molecule has 4 rings (SSSR count). The Kier molecular flexibility index (Phi) is 4.72. The molecule has 0 radical (unpaired) electrons. The van der Waals surface area contributed by atoms with E-state index in [1.165, 1.54) is 6.26 Å². The summed E-state index contributed by atoms with van der Waals surface area (Å²) in [4.78, 5) is 30.7. The maximum absolute atomic E-state index is 12.3. The second kappa shape index (κ2) is 7.34. The zero-order valence-corrected chi connectivity index (χ0v) is 15.8. The van der Waals surface area contributed by atoms with Crippen LogP contribution in [0, 0.1) is 6.92 Å². The number of hydrogen-bond donors (Lipinski definition) is 2. The maximum atomic E-state index is 12.3. The van der Waals surface area contributed by atoms with Crippen LogP contribution in [-0.2, 0) is 7.05 Å². The third kappa shape index (κ3) is 3.55. The summed E-state index contributed by atoms with van der Waals surface area (Å²) in [6, 6.07) is 4.96. The molecule has 1 aliphatic rings. The Labute approximate surface area is 161 Å². The standard InChI is InChI=1S/C19H22N6O3/c1-12-15-10-14(11-20-17(15)24(2)23-12)22-19(27)21-13-5-7-25(8-6-13)18(26)16-4-3-9-28-16/h3-4,9-11,13H,5-8H2,1-2H3,(H2,21,22,27). The van der Waals surface area contributed by atoms with E-state index >= 15 is 0 Å². The molecule has 1 aliphatic heterocycles. The van der Waals surface area contributed by atoms with Gasteiger partial charge in [0.15, 0.2) is 11.4 Å². The Morgan fingerprint density at radius 1 is 1.29 bits per heavy atom. The molecule has 1 saturated heterocycles. The third-order valence-corrected chi connectivity index (χ3v) is 4.97. The molecule has 0 spiro atoms. The van der Waals surface area contributed by atoms with Gasteiger partial charge < -0.3 is 20.0 Å². The molecule has 2 N–H and O–H groups in total. The lowest BCUT2D eigenvalue weighted by atomic mass is 10.0. The number of nitrogens with one attached hydrogen (secondary N) is 2. The third-order valence-electron chi connectivity index (χ3n) is 4.97. The lowest BCUT2D eigenvalue weighted by Crippen LogP contribution is -2.47. The van der Waals surface area contributed by atoms with Gasteiger partial charge in [0.2, 0.25) is 0 Å². The maximum Gasteiger partial charge on any atom is 0.319 e. The van der Waals surface area contributed by atoms with Crippen LogP contribution < -0.4 is 10.6 Å². The monoisotopic (exact) mass is 382 g/mol. The summed E-state index contributed by atoms with van der Waals surface area (Å²) in [5.74, 6) is 0.233. The summed E-state index contributed by atoms with van der Waals surface area (Å²) in [6.07, 6.45) is 4.50. The zero-order valence-electron chi connectivity index (χ0n) is 15.8. The average molecular weight is 382 g/mol. The van der Waals surface area contributed by atoms with Crippen molar-refractivity contribution in [2.24, 2.45) is 7.05 Å². The number of urea groups is 1. The van der Waals surface area contributed by atoms with E-state index in [0.29, 0.717) is 37.4 Å². The summed E-state index contributed by atoms with van der Waals surface area (Å²) in [5, 5.41) is 11.0. The number of rotatable bonds is 3. The van der Waals surface area contributed by atoms with Crippen LogP contribution in [0.3, 0.4) is 0 Å². The number of fused-ring (bicyclic) bond motifs is 1. The number of pyridine rings is 1. The number of piperidine rings is 1. The molecule has 3 amide bonds. The number of aryl methyl sites for hydroxylation is 2. The van der Waals surface area contributed by atoms with Crippen molar-refractivity contribution in [3.8, 4) is 0 Å². The molecule has 0 atom stereocenters. The van der Waals surface area contributed by atoms with Gasteiger partial charge in [0, 0.05) is 31.6 Å². The van der Waals surface area contributed by atoms with Crippen LogP contribution in [0.25, 0.3) is 11.0 Å². The van der Waals surface area contributed by atoms with Crippen molar-refractivity contribution in [2.45, 2.75) is 25.8 Å². The van der Waals surface area contributed by atoms with Gasteiger partial charge >= 0.3 is 6.03 Å². The molecule has 0 unspecified atom stereocenters. The van der Waals surface area contributed by atoms with E-state index in [1.54, 1.807) is 27.9 Å². The SMILES string of the molecule is Cc1nn(C)c2ncc(NC(=O)NC3CCN(C(=O)c4ccco4)CC3)cc12. The highest BCUT2D eigenvalue weighted by Crippen LogP contribution is 2.19. The summed E-state index contributed by atoms with van der Waals surface area (Å²) in [5.41, 5.74) is 2.26. The van der Waals surface area contributed by atoms with Crippen molar-refractivity contribution >= 4 is 28.7 Å². The van der Waals surface area contributed by atoms with Gasteiger partial charge in [-0.2, -0.15) is 5.10 Å². The normalized spacial score (nSPS) is 15.0. The van der Waals surface area contributed by atoms with Crippen molar-refractivity contribution in [1.29, 1.82) is 0 Å². The first kappa shape index (κ1) is 18.0. The number of aromatic nitrogens is 3. The summed E-state index contributed by atoms with van der Waals surface area (Å²) in [7, 11) is 1.84. The Hall–Kier alpha value is -3.36. The molecule has 0 bridgehead atoms. The first-order chi connectivity index (χ1) is 13.5. The van der Waals surface area contributed by atoms with E-state index in [1.807, 2.05) is 20.0 Å². The van der Waals surface area contributed by atoms with Crippen LogP contribution in [0.2, 0.25) is 0 Å². The minimum atomic E-state index is -0.279. The van der Waals surface area contributed by atoms with Gasteiger partial charge in [-0.05, 0) is 38.0 Å². The van der Waals surface area contributed by atoms with Crippen LogP contribution in [-0.4, -0.2) is 50.7 Å². The van der Waals surface area contributed by atoms with Crippen LogP contribution in [0.15, 0.2) is 35.1 Å². The number of anilines is 1. The van der Waals surface area contributed by atoms with Crippen LogP contribution in [0.1, 0.15) is 29.1 Å².